The van der Waals surface area contributed by atoms with Gasteiger partial charge < -0.3 is 0 Å². The highest BCUT2D eigenvalue weighted by atomic mass is 16.1. The Kier molecular flexibility index (Phi) is 2.64. The molecule has 19 heavy (non-hydrogen) atoms. The summed E-state index contributed by atoms with van der Waals surface area (Å²) >= 11 is 0. The van der Waals surface area contributed by atoms with Gasteiger partial charge in [0, 0.05) is 6.20 Å². The number of hydrogen-bond donors (Lipinski definition) is 0. The molecule has 0 N–H and O–H groups in total. The van der Waals surface area contributed by atoms with Gasteiger partial charge in [-0.1, -0.05) is 6.07 Å². The maximum atomic E-state index is 12.2. The highest BCUT2D eigenvalue weighted by Crippen LogP contribution is 2.28. The molecule has 0 fully saturated rings. The quantitative estimate of drug-likeness (QED) is 0.776. The van der Waals surface area contributed by atoms with Crippen molar-refractivity contribution < 1.29 is 4.79 Å². The van der Waals surface area contributed by atoms with E-state index in [1.165, 1.54) is 0 Å². The Labute approximate surface area is 110 Å². The summed E-state index contributed by atoms with van der Waals surface area (Å²) in [6.45, 7) is 1.80. The van der Waals surface area contributed by atoms with Crippen LogP contribution in [-0.4, -0.2) is 20.5 Å². The van der Waals surface area contributed by atoms with E-state index < -0.39 is 5.92 Å². The molecule has 0 radical (unpaired) electrons. The second-order valence-corrected chi connectivity index (χ2v) is 4.59. The van der Waals surface area contributed by atoms with Gasteiger partial charge in [-0.05, 0) is 31.9 Å². The summed E-state index contributed by atoms with van der Waals surface area (Å²) in [6, 6.07) is 7.64. The van der Waals surface area contributed by atoms with Crippen LogP contribution in [0.15, 0.2) is 24.4 Å². The van der Waals surface area contributed by atoms with Gasteiger partial charge in [0.05, 0.1) is 23.0 Å². The zero-order valence-corrected chi connectivity index (χ0v) is 10.5. The fourth-order valence-corrected chi connectivity index (χ4v) is 2.50. The van der Waals surface area contributed by atoms with Gasteiger partial charge >= 0.3 is 0 Å². The molecule has 1 aliphatic carbocycles. The lowest BCUT2D eigenvalue weighted by Gasteiger charge is -2.16. The number of rotatable bonds is 1. The van der Waals surface area contributed by atoms with E-state index in [0.29, 0.717) is 29.9 Å². The van der Waals surface area contributed by atoms with Crippen LogP contribution in [0.4, 0.5) is 0 Å². The minimum Gasteiger partial charge on any atom is -0.293 e. The minimum absolute atomic E-state index is 0.108. The van der Waals surface area contributed by atoms with E-state index in [1.807, 2.05) is 18.2 Å². The van der Waals surface area contributed by atoms with Crippen LogP contribution in [0.3, 0.4) is 0 Å². The molecule has 3 rings (SSSR count). The number of ketones is 1. The lowest BCUT2D eigenvalue weighted by atomic mass is 9.86. The average Bonchev–Trinajstić information content (AvgIpc) is 2.78. The van der Waals surface area contributed by atoms with Gasteiger partial charge in [-0.3, -0.25) is 4.79 Å². The van der Waals surface area contributed by atoms with Crippen molar-refractivity contribution in [1.82, 2.24) is 14.8 Å². The Balaban J connectivity index is 2.16. The number of aryl methyl sites for hydroxylation is 1. The molecular weight excluding hydrogens is 240 g/mol. The number of fused-ring (bicyclic) bond motifs is 1. The fraction of sp³-hybridized carbons (Fsp3) is 0.286. The third-order valence-electron chi connectivity index (χ3n) is 3.41. The number of nitrogens with zero attached hydrogens (tertiary/aromatic N) is 4. The molecule has 0 aliphatic heterocycles. The summed E-state index contributed by atoms with van der Waals surface area (Å²) in [6.07, 6.45) is 2.93. The SMILES string of the molecule is Cc1nn(-c2ccccn2)c2c1C(=O)[C@H](C#N)CC2. The van der Waals surface area contributed by atoms with Crippen LogP contribution in [0, 0.1) is 24.2 Å². The van der Waals surface area contributed by atoms with E-state index in [9.17, 15) is 4.79 Å². The maximum Gasteiger partial charge on any atom is 0.183 e. The number of carbonyl (C=O) groups is 1. The molecule has 2 heterocycles. The zero-order valence-electron chi connectivity index (χ0n) is 10.5. The van der Waals surface area contributed by atoms with Crippen LogP contribution in [0.1, 0.15) is 28.2 Å². The first-order chi connectivity index (χ1) is 9.22. The van der Waals surface area contributed by atoms with Crippen molar-refractivity contribution >= 4 is 5.78 Å². The van der Waals surface area contributed by atoms with E-state index >= 15 is 0 Å². The van der Waals surface area contributed by atoms with Gasteiger partial charge in [0.2, 0.25) is 0 Å². The molecule has 2 aromatic heterocycles. The van der Waals surface area contributed by atoms with Crippen LogP contribution in [0.2, 0.25) is 0 Å². The van der Waals surface area contributed by atoms with E-state index in [4.69, 9.17) is 5.26 Å². The summed E-state index contributed by atoms with van der Waals surface area (Å²) in [5, 5.41) is 13.4. The Morgan fingerprint density at radius 2 is 2.32 bits per heavy atom. The highest BCUT2D eigenvalue weighted by Gasteiger charge is 2.32. The molecule has 1 atom stereocenters. The first-order valence-corrected chi connectivity index (χ1v) is 6.16. The van der Waals surface area contributed by atoms with Crippen LogP contribution < -0.4 is 0 Å². The topological polar surface area (TPSA) is 71.6 Å². The monoisotopic (exact) mass is 252 g/mol. The Morgan fingerprint density at radius 3 is 3.00 bits per heavy atom. The molecule has 0 amide bonds. The van der Waals surface area contributed by atoms with Crippen LogP contribution >= 0.6 is 0 Å². The second-order valence-electron chi connectivity index (χ2n) is 4.59. The minimum atomic E-state index is -0.535. The highest BCUT2D eigenvalue weighted by molar-refractivity contribution is 6.02. The Bertz CT molecular complexity index is 681. The van der Waals surface area contributed by atoms with Crippen molar-refractivity contribution in [3.63, 3.8) is 0 Å². The third kappa shape index (κ3) is 1.73. The number of aromatic nitrogens is 3. The number of nitriles is 1. The second kappa shape index (κ2) is 4.32. The van der Waals surface area contributed by atoms with Gasteiger partial charge in [-0.2, -0.15) is 10.4 Å². The molecule has 0 spiro atoms. The van der Waals surface area contributed by atoms with E-state index in [-0.39, 0.29) is 5.78 Å². The molecule has 5 heteroatoms. The normalized spacial score (nSPS) is 17.9. The average molecular weight is 252 g/mol. The van der Waals surface area contributed by atoms with E-state index in [0.717, 1.165) is 5.69 Å². The van der Waals surface area contributed by atoms with Gasteiger partial charge in [-0.15, -0.1) is 0 Å². The predicted octanol–water partition coefficient (Wildman–Crippen LogP) is 1.84. The smallest absolute Gasteiger partial charge is 0.183 e. The standard InChI is InChI=1S/C14H12N4O/c1-9-13-11(6-5-10(8-15)14(13)19)18(17-9)12-4-2-3-7-16-12/h2-4,7,10H,5-6H2,1H3/t10-/m0/s1. The third-order valence-corrected chi connectivity index (χ3v) is 3.41. The maximum absolute atomic E-state index is 12.2. The Hall–Kier alpha value is -2.48. The summed E-state index contributed by atoms with van der Waals surface area (Å²) in [4.78, 5) is 16.5. The number of carbonyl (C=O) groups excluding carboxylic acids is 1. The molecule has 2 aromatic rings. The largest absolute Gasteiger partial charge is 0.293 e. The molecule has 0 bridgehead atoms. The van der Waals surface area contributed by atoms with Crippen LogP contribution in [0.25, 0.3) is 5.82 Å². The van der Waals surface area contributed by atoms with Crippen molar-refractivity contribution in [1.29, 1.82) is 5.26 Å². The number of Topliss-reactive ketones (excluding diaryl/α,β-unsaturated/α-hetero) is 1. The number of pyridine rings is 1. The van der Waals surface area contributed by atoms with Crippen molar-refractivity contribution in [3.8, 4) is 11.9 Å². The van der Waals surface area contributed by atoms with Crippen LogP contribution in [-0.2, 0) is 6.42 Å². The predicted molar refractivity (Wildman–Crippen MR) is 67.9 cm³/mol. The molecule has 5 nitrogen and oxygen atoms in total. The molecule has 0 aromatic carbocycles. The molecule has 0 saturated carbocycles. The lowest BCUT2D eigenvalue weighted by molar-refractivity contribution is 0.0933. The van der Waals surface area contributed by atoms with Crippen molar-refractivity contribution in [3.05, 3.63) is 41.3 Å². The van der Waals surface area contributed by atoms with Gasteiger partial charge in [0.15, 0.2) is 11.6 Å². The lowest BCUT2D eigenvalue weighted by Crippen LogP contribution is -2.22. The summed E-state index contributed by atoms with van der Waals surface area (Å²) in [7, 11) is 0. The first-order valence-electron chi connectivity index (χ1n) is 6.16. The molecule has 0 unspecified atom stereocenters. The summed E-state index contributed by atoms with van der Waals surface area (Å²) < 4.78 is 1.72. The van der Waals surface area contributed by atoms with Gasteiger partial charge in [0.25, 0.3) is 0 Å². The summed E-state index contributed by atoms with van der Waals surface area (Å²) in [5.74, 6) is 0.0612. The van der Waals surface area contributed by atoms with Gasteiger partial charge in [0.1, 0.15) is 5.92 Å². The van der Waals surface area contributed by atoms with E-state index in [1.54, 1.807) is 17.8 Å². The molecule has 0 saturated heterocycles. The van der Waals surface area contributed by atoms with Crippen molar-refractivity contribution in [2.45, 2.75) is 19.8 Å². The van der Waals surface area contributed by atoms with Crippen LogP contribution in [0.5, 0.6) is 0 Å². The Morgan fingerprint density at radius 1 is 1.47 bits per heavy atom. The fourth-order valence-electron chi connectivity index (χ4n) is 2.50. The van der Waals surface area contributed by atoms with E-state index in [2.05, 4.69) is 16.2 Å². The molecule has 94 valence electrons. The van der Waals surface area contributed by atoms with Crippen molar-refractivity contribution in [2.75, 3.05) is 0 Å². The molecule has 1 aliphatic rings. The van der Waals surface area contributed by atoms with Gasteiger partial charge in [-0.25, -0.2) is 9.67 Å². The number of hydrogen-bond acceptors (Lipinski definition) is 4. The first kappa shape index (κ1) is 11.6. The van der Waals surface area contributed by atoms with Crippen molar-refractivity contribution in [2.24, 2.45) is 5.92 Å². The zero-order chi connectivity index (χ0) is 13.4. The summed E-state index contributed by atoms with van der Waals surface area (Å²) in [5.41, 5.74) is 2.14. The molecular formula is C14H12N4O.